The van der Waals surface area contributed by atoms with Crippen LogP contribution in [0.5, 0.6) is 0 Å². The van der Waals surface area contributed by atoms with Crippen molar-refractivity contribution in [2.24, 2.45) is 0 Å². The molecule has 0 fully saturated rings. The highest BCUT2D eigenvalue weighted by Gasteiger charge is 2.37. The summed E-state index contributed by atoms with van der Waals surface area (Å²) in [5.41, 5.74) is 4.34. The van der Waals surface area contributed by atoms with Crippen LogP contribution in [0.15, 0.2) is 42.6 Å². The van der Waals surface area contributed by atoms with E-state index in [1.807, 2.05) is 12.1 Å². The van der Waals surface area contributed by atoms with Gasteiger partial charge in [-0.25, -0.2) is 4.98 Å². The van der Waals surface area contributed by atoms with Crippen LogP contribution < -0.4 is 0 Å². The van der Waals surface area contributed by atoms with Crippen molar-refractivity contribution >= 4 is 16.6 Å². The third-order valence-electron chi connectivity index (χ3n) is 6.39. The van der Waals surface area contributed by atoms with Crippen molar-refractivity contribution in [1.82, 2.24) is 4.98 Å². The molecule has 28 heavy (non-hydrogen) atoms. The summed E-state index contributed by atoms with van der Waals surface area (Å²) in [6.07, 6.45) is 3.66. The Balaban J connectivity index is 2.09. The first kappa shape index (κ1) is 18.8. The van der Waals surface area contributed by atoms with E-state index in [-0.39, 0.29) is 16.6 Å². The van der Waals surface area contributed by atoms with Crippen molar-refractivity contribution in [3.8, 4) is 11.1 Å². The highest BCUT2D eigenvalue weighted by atomic mass is 19.1. The number of nitrogens with zero attached hydrogens (tertiary/aromatic N) is 1. The minimum absolute atomic E-state index is 0.0443. The van der Waals surface area contributed by atoms with Gasteiger partial charge in [-0.1, -0.05) is 45.9 Å². The van der Waals surface area contributed by atoms with Crippen LogP contribution in [-0.2, 0) is 10.8 Å². The molecule has 2 aromatic carbocycles. The fourth-order valence-corrected chi connectivity index (χ4v) is 4.58. The zero-order chi connectivity index (χ0) is 20.3. The Morgan fingerprint density at radius 1 is 0.964 bits per heavy atom. The maximum atomic E-state index is 14.4. The Bertz CT molecular complexity index is 1110. The van der Waals surface area contributed by atoms with Gasteiger partial charge >= 0.3 is 0 Å². The van der Waals surface area contributed by atoms with Crippen molar-refractivity contribution in [1.29, 1.82) is 0 Å². The van der Waals surface area contributed by atoms with E-state index in [4.69, 9.17) is 0 Å². The molecule has 0 bridgehead atoms. The number of hydrogen-bond donors (Lipinski definition) is 0. The number of rotatable bonds is 2. The Kier molecular flexibility index (Phi) is 4.18. The third-order valence-corrected chi connectivity index (χ3v) is 6.39. The summed E-state index contributed by atoms with van der Waals surface area (Å²) < 4.78 is 14.4. The van der Waals surface area contributed by atoms with Crippen molar-refractivity contribution in [3.63, 3.8) is 0 Å². The van der Waals surface area contributed by atoms with Gasteiger partial charge in [-0.2, -0.15) is 4.39 Å². The molecule has 0 aliphatic heterocycles. The summed E-state index contributed by atoms with van der Waals surface area (Å²) >= 11 is 0. The van der Waals surface area contributed by atoms with E-state index >= 15 is 0 Å². The van der Waals surface area contributed by atoms with Gasteiger partial charge < -0.3 is 0 Å². The largest absolute Gasteiger partial charge is 0.294 e. The van der Waals surface area contributed by atoms with Gasteiger partial charge in [0.05, 0.1) is 0 Å². The molecule has 0 radical (unpaired) electrons. The summed E-state index contributed by atoms with van der Waals surface area (Å²) in [6.45, 7) is 10.7. The summed E-state index contributed by atoms with van der Waals surface area (Å²) in [4.78, 5) is 16.4. The number of carbonyl (C=O) groups excluding carboxylic acids is 1. The van der Waals surface area contributed by atoms with Gasteiger partial charge in [0.25, 0.3) is 0 Å². The lowest BCUT2D eigenvalue weighted by Crippen LogP contribution is -2.33. The monoisotopic (exact) mass is 375 g/mol. The molecule has 2 nitrogen and oxygen atoms in total. The van der Waals surface area contributed by atoms with Gasteiger partial charge in [0.15, 0.2) is 5.78 Å². The van der Waals surface area contributed by atoms with Crippen LogP contribution in [0.4, 0.5) is 4.39 Å². The average molecular weight is 375 g/mol. The van der Waals surface area contributed by atoms with Gasteiger partial charge in [0.1, 0.15) is 0 Å². The molecule has 4 rings (SSSR count). The van der Waals surface area contributed by atoms with Crippen LogP contribution in [0, 0.1) is 5.95 Å². The van der Waals surface area contributed by atoms with Crippen molar-refractivity contribution in [2.45, 2.75) is 58.3 Å². The van der Waals surface area contributed by atoms with Crippen LogP contribution in [0.25, 0.3) is 21.9 Å². The van der Waals surface area contributed by atoms with Crippen LogP contribution >= 0.6 is 0 Å². The molecule has 0 N–H and O–H groups in total. The molecule has 0 amide bonds. The molecule has 3 aromatic rings. The number of carbonyl (C=O) groups is 1. The number of Topliss-reactive ketones (excluding diaryl/α,β-unsaturated/α-hetero) is 1. The minimum atomic E-state index is -0.552. The molecule has 0 saturated heterocycles. The molecule has 144 valence electrons. The number of hydrogen-bond acceptors (Lipinski definition) is 2. The molecular formula is C25H26FNO. The quantitative estimate of drug-likeness (QED) is 0.373. The van der Waals surface area contributed by atoms with E-state index in [9.17, 15) is 9.18 Å². The molecule has 1 aliphatic rings. The Hall–Kier alpha value is -2.55. The van der Waals surface area contributed by atoms with Gasteiger partial charge in [0, 0.05) is 17.3 Å². The molecule has 1 aliphatic carbocycles. The number of aromatic nitrogens is 1. The van der Waals surface area contributed by atoms with Crippen molar-refractivity contribution < 1.29 is 9.18 Å². The van der Waals surface area contributed by atoms with Gasteiger partial charge in [-0.05, 0) is 76.3 Å². The van der Waals surface area contributed by atoms with Gasteiger partial charge in [0.2, 0.25) is 5.95 Å². The number of pyridine rings is 1. The first-order valence-corrected chi connectivity index (χ1v) is 9.85. The fourth-order valence-electron chi connectivity index (χ4n) is 4.58. The fraction of sp³-hybridized carbons (Fsp3) is 0.360. The second-order valence-corrected chi connectivity index (χ2v) is 9.27. The van der Waals surface area contributed by atoms with Gasteiger partial charge in [-0.3, -0.25) is 4.79 Å². The van der Waals surface area contributed by atoms with Crippen LogP contribution in [0.2, 0.25) is 0 Å². The van der Waals surface area contributed by atoms with E-state index < -0.39 is 5.95 Å². The zero-order valence-corrected chi connectivity index (χ0v) is 17.2. The topological polar surface area (TPSA) is 30.0 Å². The molecule has 3 heteroatoms. The zero-order valence-electron chi connectivity index (χ0n) is 17.2. The normalized spacial score (nSPS) is 17.4. The lowest BCUT2D eigenvalue weighted by Gasteiger charge is -2.42. The number of ketones is 1. The highest BCUT2D eigenvalue weighted by Crippen LogP contribution is 2.47. The predicted octanol–water partition coefficient (Wildman–Crippen LogP) is 6.59. The summed E-state index contributed by atoms with van der Waals surface area (Å²) in [5, 5.41) is 1.93. The summed E-state index contributed by atoms with van der Waals surface area (Å²) in [6, 6.07) is 11.7. The molecule has 1 heterocycles. The van der Waals surface area contributed by atoms with Crippen LogP contribution in [0.1, 0.15) is 68.9 Å². The number of halogens is 1. The summed E-state index contributed by atoms with van der Waals surface area (Å²) in [7, 11) is 0. The van der Waals surface area contributed by atoms with Crippen LogP contribution in [-0.4, -0.2) is 10.8 Å². The van der Waals surface area contributed by atoms with E-state index in [2.05, 4.69) is 44.8 Å². The Morgan fingerprint density at radius 3 is 2.21 bits per heavy atom. The lowest BCUT2D eigenvalue weighted by atomic mass is 9.62. The standard InChI is InChI=1S/C25H26FNO/c1-15(28)22-17(18-7-6-12-27-23(18)26)9-8-16-13-20-21(14-19(16)22)25(4,5)11-10-24(20,2)3/h6-9,12-14H,10-11H2,1-5H3. The molecule has 0 unspecified atom stereocenters. The maximum Gasteiger partial charge on any atom is 0.220 e. The number of benzene rings is 2. The van der Waals surface area contributed by atoms with Gasteiger partial charge in [-0.15, -0.1) is 0 Å². The van der Waals surface area contributed by atoms with E-state index in [0.29, 0.717) is 16.7 Å². The van der Waals surface area contributed by atoms with Crippen LogP contribution in [0.3, 0.4) is 0 Å². The molecule has 0 saturated carbocycles. The highest BCUT2D eigenvalue weighted by molar-refractivity contribution is 6.12. The number of fused-ring (bicyclic) bond motifs is 2. The molecule has 1 aromatic heterocycles. The first-order chi connectivity index (χ1) is 13.1. The van der Waals surface area contributed by atoms with E-state index in [0.717, 1.165) is 23.6 Å². The van der Waals surface area contributed by atoms with Crippen molar-refractivity contribution in [3.05, 3.63) is 65.2 Å². The smallest absolute Gasteiger partial charge is 0.220 e. The Morgan fingerprint density at radius 2 is 1.61 bits per heavy atom. The molecular weight excluding hydrogens is 349 g/mol. The lowest BCUT2D eigenvalue weighted by molar-refractivity contribution is 0.102. The predicted molar refractivity (Wildman–Crippen MR) is 112 cm³/mol. The summed E-state index contributed by atoms with van der Waals surface area (Å²) in [5.74, 6) is -0.611. The van der Waals surface area contributed by atoms with Crippen molar-refractivity contribution in [2.75, 3.05) is 0 Å². The minimum Gasteiger partial charge on any atom is -0.294 e. The third kappa shape index (κ3) is 2.85. The van der Waals surface area contributed by atoms with E-state index in [1.54, 1.807) is 19.1 Å². The SMILES string of the molecule is CC(=O)c1c(-c2cccnc2F)ccc2cc3c(cc12)C(C)(C)CCC3(C)C. The first-order valence-electron chi connectivity index (χ1n) is 9.85. The van der Waals surface area contributed by atoms with E-state index in [1.165, 1.54) is 17.3 Å². The molecule has 0 spiro atoms. The average Bonchev–Trinajstić information content (AvgIpc) is 2.64. The Labute approximate surface area is 165 Å². The second kappa shape index (κ2) is 6.23. The molecule has 0 atom stereocenters. The maximum absolute atomic E-state index is 14.4. The second-order valence-electron chi connectivity index (χ2n) is 9.27.